The SMILES string of the molecule is COc1c(Cl)cc(C(=O)Nc2ccc(C(=O)N3CCc4ccccc43)cc2)cc1Cl. The number of hydrogen-bond donors (Lipinski definition) is 1. The molecule has 0 aromatic heterocycles. The van der Waals surface area contributed by atoms with E-state index in [0.29, 0.717) is 29.1 Å². The number of benzene rings is 3. The molecule has 0 atom stereocenters. The van der Waals surface area contributed by atoms with Gasteiger partial charge in [0.25, 0.3) is 11.8 Å². The van der Waals surface area contributed by atoms with Crippen LogP contribution in [0.1, 0.15) is 26.3 Å². The second kappa shape index (κ2) is 8.38. The number of carbonyl (C=O) groups is 2. The lowest BCUT2D eigenvalue weighted by Gasteiger charge is -2.17. The van der Waals surface area contributed by atoms with Gasteiger partial charge < -0.3 is 15.0 Å². The summed E-state index contributed by atoms with van der Waals surface area (Å²) in [6.07, 6.45) is 0.850. The van der Waals surface area contributed by atoms with Crippen molar-refractivity contribution < 1.29 is 14.3 Å². The number of rotatable bonds is 4. The van der Waals surface area contributed by atoms with Crippen molar-refractivity contribution in [3.63, 3.8) is 0 Å². The number of halogens is 2. The van der Waals surface area contributed by atoms with Crippen molar-refractivity contribution in [1.29, 1.82) is 0 Å². The van der Waals surface area contributed by atoms with E-state index in [9.17, 15) is 9.59 Å². The number of fused-ring (bicyclic) bond motifs is 1. The summed E-state index contributed by atoms with van der Waals surface area (Å²) in [7, 11) is 1.45. The first-order valence-corrected chi connectivity index (χ1v) is 10.1. The molecule has 7 heteroatoms. The summed E-state index contributed by atoms with van der Waals surface area (Å²) in [5.41, 5.74) is 3.54. The van der Waals surface area contributed by atoms with Crippen molar-refractivity contribution in [1.82, 2.24) is 0 Å². The fourth-order valence-corrected chi connectivity index (χ4v) is 4.13. The summed E-state index contributed by atoms with van der Waals surface area (Å²) >= 11 is 12.2. The smallest absolute Gasteiger partial charge is 0.258 e. The van der Waals surface area contributed by atoms with Gasteiger partial charge in [0.15, 0.2) is 5.75 Å². The number of ether oxygens (including phenoxy) is 1. The first-order chi connectivity index (χ1) is 14.5. The molecule has 0 fully saturated rings. The minimum absolute atomic E-state index is 0.0634. The largest absolute Gasteiger partial charge is 0.494 e. The maximum atomic E-state index is 12.9. The molecule has 5 nitrogen and oxygen atoms in total. The van der Waals surface area contributed by atoms with E-state index in [0.717, 1.165) is 12.1 Å². The van der Waals surface area contributed by atoms with Crippen LogP contribution < -0.4 is 15.0 Å². The fourth-order valence-electron chi connectivity index (χ4n) is 3.49. The summed E-state index contributed by atoms with van der Waals surface area (Å²) in [4.78, 5) is 27.2. The van der Waals surface area contributed by atoms with Crippen LogP contribution in [-0.4, -0.2) is 25.5 Å². The Bertz CT molecular complexity index is 1110. The molecular formula is C23H18Cl2N2O3. The van der Waals surface area contributed by atoms with Gasteiger partial charge in [-0.15, -0.1) is 0 Å². The molecule has 0 spiro atoms. The first-order valence-electron chi connectivity index (χ1n) is 9.32. The van der Waals surface area contributed by atoms with E-state index in [-0.39, 0.29) is 21.9 Å². The zero-order chi connectivity index (χ0) is 21.3. The molecule has 0 bridgehead atoms. The van der Waals surface area contributed by atoms with Crippen molar-refractivity contribution in [3.05, 3.63) is 87.4 Å². The summed E-state index contributed by atoms with van der Waals surface area (Å²) in [5.74, 6) is -0.109. The number of nitrogens with zero attached hydrogens (tertiary/aromatic N) is 1. The number of nitrogens with one attached hydrogen (secondary N) is 1. The molecule has 1 aliphatic rings. The van der Waals surface area contributed by atoms with Gasteiger partial charge in [-0.05, 0) is 54.4 Å². The Morgan fingerprint density at radius 1 is 0.967 bits per heavy atom. The Balaban J connectivity index is 1.48. The first kappa shape index (κ1) is 20.3. The molecular weight excluding hydrogens is 423 g/mol. The molecule has 0 radical (unpaired) electrons. The van der Waals surface area contributed by atoms with Crippen LogP contribution in [0.4, 0.5) is 11.4 Å². The molecule has 1 heterocycles. The highest BCUT2D eigenvalue weighted by Gasteiger charge is 2.25. The third-order valence-electron chi connectivity index (χ3n) is 4.99. The topological polar surface area (TPSA) is 58.6 Å². The van der Waals surface area contributed by atoms with Crippen LogP contribution in [0.15, 0.2) is 60.7 Å². The van der Waals surface area contributed by atoms with Crippen LogP contribution in [0.3, 0.4) is 0 Å². The minimum Gasteiger partial charge on any atom is -0.494 e. The van der Waals surface area contributed by atoms with Crippen molar-refractivity contribution in [2.45, 2.75) is 6.42 Å². The van der Waals surface area contributed by atoms with Gasteiger partial charge in [-0.2, -0.15) is 0 Å². The monoisotopic (exact) mass is 440 g/mol. The average molecular weight is 441 g/mol. The van der Waals surface area contributed by atoms with Crippen LogP contribution >= 0.6 is 23.2 Å². The Morgan fingerprint density at radius 3 is 2.30 bits per heavy atom. The second-order valence-electron chi connectivity index (χ2n) is 6.84. The molecule has 2 amide bonds. The summed E-state index contributed by atoms with van der Waals surface area (Å²) < 4.78 is 5.10. The minimum atomic E-state index is -0.367. The lowest BCUT2D eigenvalue weighted by atomic mass is 10.1. The Kier molecular flexibility index (Phi) is 5.66. The Morgan fingerprint density at radius 2 is 1.63 bits per heavy atom. The van der Waals surface area contributed by atoms with Crippen molar-refractivity contribution in [2.75, 3.05) is 23.9 Å². The van der Waals surface area contributed by atoms with Crippen molar-refractivity contribution in [3.8, 4) is 5.75 Å². The number of carbonyl (C=O) groups excluding carboxylic acids is 2. The Labute approximate surface area is 184 Å². The molecule has 1 N–H and O–H groups in total. The molecule has 0 saturated heterocycles. The van der Waals surface area contributed by atoms with E-state index in [1.54, 1.807) is 29.2 Å². The van der Waals surface area contributed by atoms with Gasteiger partial charge in [-0.25, -0.2) is 0 Å². The molecule has 0 unspecified atom stereocenters. The third kappa shape index (κ3) is 3.86. The summed E-state index contributed by atoms with van der Waals surface area (Å²) in [5, 5.41) is 3.28. The van der Waals surface area contributed by atoms with Gasteiger partial charge in [0, 0.05) is 29.0 Å². The van der Waals surface area contributed by atoms with Crippen LogP contribution in [0.2, 0.25) is 10.0 Å². The zero-order valence-electron chi connectivity index (χ0n) is 16.1. The van der Waals surface area contributed by atoms with E-state index in [2.05, 4.69) is 5.32 Å². The maximum Gasteiger partial charge on any atom is 0.258 e. The van der Waals surface area contributed by atoms with E-state index >= 15 is 0 Å². The number of methoxy groups -OCH3 is 1. The molecule has 1 aliphatic heterocycles. The molecule has 3 aromatic carbocycles. The standard InChI is InChI=1S/C23H18Cl2N2O3/c1-30-21-18(24)12-16(13-19(21)25)22(28)26-17-8-6-15(7-9-17)23(29)27-11-10-14-4-2-3-5-20(14)27/h2-9,12-13H,10-11H2,1H3,(H,26,28). The number of anilines is 2. The van der Waals surface area contributed by atoms with E-state index in [4.69, 9.17) is 27.9 Å². The predicted octanol–water partition coefficient (Wildman–Crippen LogP) is 5.46. The number of amides is 2. The van der Waals surface area contributed by atoms with E-state index < -0.39 is 0 Å². The Hall–Kier alpha value is -3.02. The van der Waals surface area contributed by atoms with E-state index in [1.165, 1.54) is 24.8 Å². The van der Waals surface area contributed by atoms with E-state index in [1.807, 2.05) is 24.3 Å². The summed E-state index contributed by atoms with van der Waals surface area (Å²) in [6.45, 7) is 0.662. The lowest BCUT2D eigenvalue weighted by molar-refractivity contribution is 0.0988. The molecule has 0 saturated carbocycles. The van der Waals surface area contributed by atoms with Gasteiger partial charge in [0.2, 0.25) is 0 Å². The van der Waals surface area contributed by atoms with Gasteiger partial charge in [-0.3, -0.25) is 9.59 Å². The number of hydrogen-bond acceptors (Lipinski definition) is 3. The predicted molar refractivity (Wildman–Crippen MR) is 119 cm³/mol. The average Bonchev–Trinajstić information content (AvgIpc) is 3.17. The van der Waals surface area contributed by atoms with Crippen LogP contribution in [0.25, 0.3) is 0 Å². The molecule has 152 valence electrons. The quantitative estimate of drug-likeness (QED) is 0.585. The number of para-hydroxylation sites is 1. The van der Waals surface area contributed by atoms with Gasteiger partial charge in [0.05, 0.1) is 17.2 Å². The second-order valence-corrected chi connectivity index (χ2v) is 7.65. The van der Waals surface area contributed by atoms with Crippen LogP contribution in [0, 0.1) is 0 Å². The molecule has 30 heavy (non-hydrogen) atoms. The summed E-state index contributed by atoms with van der Waals surface area (Å²) in [6, 6.07) is 17.7. The molecule has 3 aromatic rings. The fraction of sp³-hybridized carbons (Fsp3) is 0.130. The normalized spacial score (nSPS) is 12.4. The van der Waals surface area contributed by atoms with Gasteiger partial charge in [0.1, 0.15) is 0 Å². The van der Waals surface area contributed by atoms with Crippen LogP contribution in [-0.2, 0) is 6.42 Å². The lowest BCUT2D eigenvalue weighted by Crippen LogP contribution is -2.28. The van der Waals surface area contributed by atoms with Gasteiger partial charge in [-0.1, -0.05) is 41.4 Å². The van der Waals surface area contributed by atoms with Crippen molar-refractivity contribution >= 4 is 46.4 Å². The maximum absolute atomic E-state index is 12.9. The molecule has 0 aliphatic carbocycles. The molecule has 4 rings (SSSR count). The van der Waals surface area contributed by atoms with Crippen molar-refractivity contribution in [2.24, 2.45) is 0 Å². The van der Waals surface area contributed by atoms with Gasteiger partial charge >= 0.3 is 0 Å². The zero-order valence-corrected chi connectivity index (χ0v) is 17.6. The van der Waals surface area contributed by atoms with Crippen LogP contribution in [0.5, 0.6) is 5.75 Å². The highest BCUT2D eigenvalue weighted by Crippen LogP contribution is 2.34. The highest BCUT2D eigenvalue weighted by molar-refractivity contribution is 6.37. The highest BCUT2D eigenvalue weighted by atomic mass is 35.5. The third-order valence-corrected chi connectivity index (χ3v) is 5.55.